The Morgan fingerprint density at radius 1 is 1.53 bits per heavy atom. The number of fused-ring (bicyclic) bond motifs is 1. The van der Waals surface area contributed by atoms with E-state index in [0.717, 1.165) is 12.8 Å². The Balaban J connectivity index is 2.42. The minimum atomic E-state index is -0.691. The van der Waals surface area contributed by atoms with Gasteiger partial charge in [-0.2, -0.15) is 0 Å². The van der Waals surface area contributed by atoms with Gasteiger partial charge in [0.15, 0.2) is 0 Å². The molecule has 1 N–H and O–H groups in total. The van der Waals surface area contributed by atoms with Crippen molar-refractivity contribution in [2.75, 3.05) is 6.61 Å². The van der Waals surface area contributed by atoms with Crippen LogP contribution in [0.3, 0.4) is 0 Å². The van der Waals surface area contributed by atoms with Gasteiger partial charge in [-0.15, -0.1) is 0 Å². The van der Waals surface area contributed by atoms with Gasteiger partial charge in [-0.25, -0.2) is 4.39 Å². The highest BCUT2D eigenvalue weighted by Crippen LogP contribution is 2.36. The molecule has 0 saturated heterocycles. The average Bonchev–Trinajstić information content (AvgIpc) is 2.23. The standard InChI is InChI=1S/C12H15FO2/c1-2-4-11-12-8(10(14)7-15-11)5-3-6-9(12)13/h3,5-6,10-11,14H,2,4,7H2,1H3/t10-,11-/m1/s1. The smallest absolute Gasteiger partial charge is 0.129 e. The number of halogens is 1. The maximum Gasteiger partial charge on any atom is 0.129 e. The molecule has 15 heavy (non-hydrogen) atoms. The molecule has 0 radical (unpaired) electrons. The van der Waals surface area contributed by atoms with Crippen LogP contribution in [-0.2, 0) is 4.74 Å². The average molecular weight is 210 g/mol. The molecule has 0 amide bonds. The van der Waals surface area contributed by atoms with E-state index in [4.69, 9.17) is 4.74 Å². The van der Waals surface area contributed by atoms with Gasteiger partial charge in [0.2, 0.25) is 0 Å². The third kappa shape index (κ3) is 1.90. The third-order valence-corrected chi connectivity index (χ3v) is 2.77. The van der Waals surface area contributed by atoms with Crippen LogP contribution in [0.2, 0.25) is 0 Å². The van der Waals surface area contributed by atoms with Crippen LogP contribution in [-0.4, -0.2) is 11.7 Å². The van der Waals surface area contributed by atoms with Crippen LogP contribution in [0.15, 0.2) is 18.2 Å². The first-order valence-corrected chi connectivity index (χ1v) is 5.32. The van der Waals surface area contributed by atoms with Gasteiger partial charge in [-0.1, -0.05) is 25.5 Å². The van der Waals surface area contributed by atoms with Crippen molar-refractivity contribution < 1.29 is 14.2 Å². The first kappa shape index (κ1) is 10.6. The molecule has 3 heteroatoms. The maximum absolute atomic E-state index is 13.6. The van der Waals surface area contributed by atoms with E-state index < -0.39 is 6.10 Å². The summed E-state index contributed by atoms with van der Waals surface area (Å²) >= 11 is 0. The van der Waals surface area contributed by atoms with E-state index in [1.807, 2.05) is 6.92 Å². The Kier molecular flexibility index (Phi) is 3.03. The van der Waals surface area contributed by atoms with Crippen LogP contribution in [0.4, 0.5) is 4.39 Å². The summed E-state index contributed by atoms with van der Waals surface area (Å²) in [6.07, 6.45) is 0.841. The molecule has 0 aliphatic carbocycles. The van der Waals surface area contributed by atoms with Crippen LogP contribution in [0.1, 0.15) is 43.1 Å². The molecule has 0 bridgehead atoms. The van der Waals surface area contributed by atoms with E-state index >= 15 is 0 Å². The van der Waals surface area contributed by atoms with E-state index in [9.17, 15) is 9.50 Å². The van der Waals surface area contributed by atoms with Gasteiger partial charge in [0, 0.05) is 5.56 Å². The van der Waals surface area contributed by atoms with Gasteiger partial charge in [0.05, 0.1) is 12.7 Å². The molecule has 1 aromatic rings. The lowest BCUT2D eigenvalue weighted by atomic mass is 9.93. The summed E-state index contributed by atoms with van der Waals surface area (Å²) in [5.74, 6) is -0.273. The minimum Gasteiger partial charge on any atom is -0.386 e. The number of rotatable bonds is 2. The molecule has 1 aliphatic rings. The zero-order chi connectivity index (χ0) is 10.8. The van der Waals surface area contributed by atoms with Gasteiger partial charge in [-0.05, 0) is 18.1 Å². The SMILES string of the molecule is CCC[C@H]1OC[C@@H](O)c2cccc(F)c21. The predicted octanol–water partition coefficient (Wildman–Crippen LogP) is 2.73. The van der Waals surface area contributed by atoms with Gasteiger partial charge >= 0.3 is 0 Å². The Hall–Kier alpha value is -0.930. The fraction of sp³-hybridized carbons (Fsp3) is 0.500. The summed E-state index contributed by atoms with van der Waals surface area (Å²) in [6, 6.07) is 4.82. The van der Waals surface area contributed by atoms with Crippen LogP contribution in [0, 0.1) is 5.82 Å². The van der Waals surface area contributed by atoms with E-state index in [1.54, 1.807) is 12.1 Å². The molecule has 1 aromatic carbocycles. The van der Waals surface area contributed by atoms with Crippen LogP contribution >= 0.6 is 0 Å². The third-order valence-electron chi connectivity index (χ3n) is 2.77. The van der Waals surface area contributed by atoms with Gasteiger partial charge in [0.1, 0.15) is 11.9 Å². The van der Waals surface area contributed by atoms with Crippen LogP contribution < -0.4 is 0 Å². The molecule has 0 fully saturated rings. The lowest BCUT2D eigenvalue weighted by Gasteiger charge is -2.29. The topological polar surface area (TPSA) is 29.5 Å². The molecule has 2 atom stereocenters. The highest BCUT2D eigenvalue weighted by atomic mass is 19.1. The van der Waals surface area contributed by atoms with Crippen molar-refractivity contribution in [3.05, 3.63) is 35.1 Å². The summed E-state index contributed by atoms with van der Waals surface area (Å²) in [5.41, 5.74) is 1.22. The maximum atomic E-state index is 13.6. The number of aliphatic hydroxyl groups excluding tert-OH is 1. The van der Waals surface area contributed by atoms with Crippen molar-refractivity contribution >= 4 is 0 Å². The van der Waals surface area contributed by atoms with E-state index in [-0.39, 0.29) is 18.5 Å². The summed E-state index contributed by atoms with van der Waals surface area (Å²) in [7, 11) is 0. The summed E-state index contributed by atoms with van der Waals surface area (Å²) in [6.45, 7) is 2.30. The zero-order valence-corrected chi connectivity index (χ0v) is 8.74. The molecule has 0 saturated carbocycles. The molecule has 0 aromatic heterocycles. The van der Waals surface area contributed by atoms with E-state index in [2.05, 4.69) is 0 Å². The number of ether oxygens (including phenoxy) is 1. The Labute approximate surface area is 88.7 Å². The minimum absolute atomic E-state index is 0.199. The lowest BCUT2D eigenvalue weighted by Crippen LogP contribution is -2.22. The molecule has 2 nitrogen and oxygen atoms in total. The molecular weight excluding hydrogens is 195 g/mol. The van der Waals surface area contributed by atoms with Crippen molar-refractivity contribution in [3.8, 4) is 0 Å². The first-order valence-electron chi connectivity index (χ1n) is 5.32. The predicted molar refractivity (Wildman–Crippen MR) is 55.0 cm³/mol. The number of hydrogen-bond donors (Lipinski definition) is 1. The van der Waals surface area contributed by atoms with Gasteiger partial charge in [0.25, 0.3) is 0 Å². The van der Waals surface area contributed by atoms with Gasteiger partial charge in [-0.3, -0.25) is 0 Å². The quantitative estimate of drug-likeness (QED) is 0.813. The monoisotopic (exact) mass is 210 g/mol. The van der Waals surface area contributed by atoms with Crippen LogP contribution in [0.5, 0.6) is 0 Å². The number of benzene rings is 1. The fourth-order valence-electron chi connectivity index (χ4n) is 2.05. The number of hydrogen-bond acceptors (Lipinski definition) is 2. The normalized spacial score (nSPS) is 25.0. The summed E-state index contributed by atoms with van der Waals surface area (Å²) in [4.78, 5) is 0. The van der Waals surface area contributed by atoms with Crippen molar-refractivity contribution in [1.82, 2.24) is 0 Å². The van der Waals surface area contributed by atoms with Crippen molar-refractivity contribution in [3.63, 3.8) is 0 Å². The molecule has 1 aliphatic heterocycles. The molecule has 0 spiro atoms. The second kappa shape index (κ2) is 4.29. The zero-order valence-electron chi connectivity index (χ0n) is 8.74. The molecular formula is C12H15FO2. The van der Waals surface area contributed by atoms with Crippen molar-refractivity contribution in [2.45, 2.75) is 32.0 Å². The Bertz CT molecular complexity index is 351. The Morgan fingerprint density at radius 3 is 3.07 bits per heavy atom. The Morgan fingerprint density at radius 2 is 2.33 bits per heavy atom. The van der Waals surface area contributed by atoms with Crippen LogP contribution in [0.25, 0.3) is 0 Å². The number of aliphatic hydroxyl groups is 1. The highest BCUT2D eigenvalue weighted by Gasteiger charge is 2.28. The first-order chi connectivity index (χ1) is 7.24. The highest BCUT2D eigenvalue weighted by molar-refractivity contribution is 5.34. The molecule has 82 valence electrons. The summed E-state index contributed by atoms with van der Waals surface area (Å²) < 4.78 is 19.1. The second-order valence-corrected chi connectivity index (χ2v) is 3.87. The van der Waals surface area contributed by atoms with E-state index in [0.29, 0.717) is 11.1 Å². The largest absolute Gasteiger partial charge is 0.386 e. The summed E-state index contributed by atoms with van der Waals surface area (Å²) in [5, 5.41) is 9.68. The fourth-order valence-corrected chi connectivity index (χ4v) is 2.05. The molecule has 0 unspecified atom stereocenters. The molecule has 1 heterocycles. The molecule has 2 rings (SSSR count). The van der Waals surface area contributed by atoms with Crippen molar-refractivity contribution in [1.29, 1.82) is 0 Å². The lowest BCUT2D eigenvalue weighted by molar-refractivity contribution is -0.0358. The van der Waals surface area contributed by atoms with Gasteiger partial charge < -0.3 is 9.84 Å². The van der Waals surface area contributed by atoms with E-state index in [1.165, 1.54) is 6.07 Å². The second-order valence-electron chi connectivity index (χ2n) is 3.87. The van der Waals surface area contributed by atoms with Crippen molar-refractivity contribution in [2.24, 2.45) is 0 Å².